The number of ether oxygens (including phenoxy) is 1. The molecule has 0 radical (unpaired) electrons. The van der Waals surface area contributed by atoms with Crippen LogP contribution in [0, 0.1) is 0 Å². The Morgan fingerprint density at radius 2 is 2.15 bits per heavy atom. The molecule has 0 bridgehead atoms. The first-order chi connectivity index (χ1) is 9.47. The Balaban J connectivity index is 2.19. The molecule has 0 unspecified atom stereocenters. The van der Waals surface area contributed by atoms with Crippen LogP contribution in [-0.4, -0.2) is 26.8 Å². The van der Waals surface area contributed by atoms with Crippen LogP contribution in [0.2, 0.25) is 0 Å². The van der Waals surface area contributed by atoms with Crippen LogP contribution in [0.25, 0.3) is 10.3 Å². The molecule has 0 aromatic carbocycles. The molecular formula is C12H13N3O3S2. The molecule has 8 heteroatoms. The van der Waals surface area contributed by atoms with E-state index in [-0.39, 0.29) is 11.5 Å². The van der Waals surface area contributed by atoms with Crippen LogP contribution in [0.3, 0.4) is 0 Å². The number of rotatable bonds is 3. The maximum atomic E-state index is 12.4. The predicted molar refractivity (Wildman–Crippen MR) is 77.1 cm³/mol. The first kappa shape index (κ1) is 13.6. The van der Waals surface area contributed by atoms with Gasteiger partial charge in [-0.15, -0.1) is 0 Å². The molecule has 0 aliphatic heterocycles. The molecule has 3 rings (SSSR count). The second kappa shape index (κ2) is 4.56. The minimum absolute atomic E-state index is 0.194. The summed E-state index contributed by atoms with van der Waals surface area (Å²) in [5.74, 6) is 0.160. The minimum Gasteiger partial charge on any atom is -0.451 e. The summed E-state index contributed by atoms with van der Waals surface area (Å²) < 4.78 is 7.62. The second-order valence-electron chi connectivity index (χ2n) is 4.73. The molecule has 6 nitrogen and oxygen atoms in total. The highest BCUT2D eigenvalue weighted by Crippen LogP contribution is 2.48. The van der Waals surface area contributed by atoms with Gasteiger partial charge in [-0.25, -0.2) is 9.97 Å². The van der Waals surface area contributed by atoms with Crippen molar-refractivity contribution in [3.63, 3.8) is 0 Å². The molecule has 0 saturated heterocycles. The quantitative estimate of drug-likeness (QED) is 0.634. The maximum absolute atomic E-state index is 12.4. The lowest BCUT2D eigenvalue weighted by Crippen LogP contribution is -2.29. The van der Waals surface area contributed by atoms with E-state index < -0.39 is 5.60 Å². The molecule has 0 spiro atoms. The van der Waals surface area contributed by atoms with E-state index in [2.05, 4.69) is 9.97 Å². The Kier molecular flexibility index (Phi) is 3.09. The van der Waals surface area contributed by atoms with Crippen LogP contribution in [-0.2, 0) is 22.2 Å². The molecule has 1 fully saturated rings. The number of aromatic nitrogens is 3. The molecule has 2 aromatic rings. The monoisotopic (exact) mass is 311 g/mol. The Morgan fingerprint density at radius 3 is 2.70 bits per heavy atom. The van der Waals surface area contributed by atoms with Gasteiger partial charge in [0.05, 0.1) is 0 Å². The molecule has 106 valence electrons. The Labute approximate surface area is 123 Å². The van der Waals surface area contributed by atoms with Gasteiger partial charge in [-0.1, -0.05) is 23.1 Å². The second-order valence-corrected chi connectivity index (χ2v) is 6.76. The van der Waals surface area contributed by atoms with Crippen LogP contribution in [0.1, 0.15) is 25.6 Å². The van der Waals surface area contributed by atoms with Gasteiger partial charge in [0.1, 0.15) is 0 Å². The molecular weight excluding hydrogens is 298 g/mol. The summed E-state index contributed by atoms with van der Waals surface area (Å²) in [6.07, 6.45) is 3.31. The van der Waals surface area contributed by atoms with Crippen molar-refractivity contribution in [3.8, 4) is 0 Å². The van der Waals surface area contributed by atoms with Crippen LogP contribution < -0.4 is 5.56 Å². The van der Waals surface area contributed by atoms with Crippen LogP contribution in [0.15, 0.2) is 9.13 Å². The first-order valence-corrected chi connectivity index (χ1v) is 8.12. The molecule has 0 N–H and O–H groups in total. The maximum Gasteiger partial charge on any atom is 0.303 e. The van der Waals surface area contributed by atoms with Crippen molar-refractivity contribution >= 4 is 39.4 Å². The summed E-state index contributed by atoms with van der Waals surface area (Å²) in [6.45, 7) is 1.37. The van der Waals surface area contributed by atoms with Crippen molar-refractivity contribution in [1.82, 2.24) is 14.5 Å². The normalized spacial score (nSPS) is 16.4. The summed E-state index contributed by atoms with van der Waals surface area (Å²) in [4.78, 5) is 33.0. The van der Waals surface area contributed by atoms with Gasteiger partial charge in [-0.05, 0) is 19.1 Å². The fourth-order valence-corrected chi connectivity index (χ4v) is 3.61. The molecule has 2 aromatic heterocycles. The van der Waals surface area contributed by atoms with Gasteiger partial charge in [0, 0.05) is 14.0 Å². The van der Waals surface area contributed by atoms with Crippen molar-refractivity contribution in [1.29, 1.82) is 0 Å². The van der Waals surface area contributed by atoms with Gasteiger partial charge in [0.25, 0.3) is 5.56 Å². The molecule has 0 atom stereocenters. The van der Waals surface area contributed by atoms with E-state index >= 15 is 0 Å². The average Bonchev–Trinajstić information content (AvgIpc) is 3.03. The first-order valence-electron chi connectivity index (χ1n) is 6.08. The summed E-state index contributed by atoms with van der Waals surface area (Å²) in [5, 5.41) is 0. The topological polar surface area (TPSA) is 74.1 Å². The van der Waals surface area contributed by atoms with Crippen molar-refractivity contribution in [2.45, 2.75) is 29.7 Å². The summed E-state index contributed by atoms with van der Waals surface area (Å²) in [5.41, 5.74) is -0.540. The molecule has 20 heavy (non-hydrogen) atoms. The zero-order chi connectivity index (χ0) is 14.5. The van der Waals surface area contributed by atoms with Crippen LogP contribution in [0.5, 0.6) is 0 Å². The number of fused-ring (bicyclic) bond motifs is 1. The van der Waals surface area contributed by atoms with Gasteiger partial charge in [-0.3, -0.25) is 14.2 Å². The fourth-order valence-electron chi connectivity index (χ4n) is 2.19. The van der Waals surface area contributed by atoms with Crippen LogP contribution in [0.4, 0.5) is 0 Å². The van der Waals surface area contributed by atoms with E-state index in [4.69, 9.17) is 4.74 Å². The summed E-state index contributed by atoms with van der Waals surface area (Å²) in [7, 11) is 1.64. The number of carbonyl (C=O) groups excluding carboxylic acids is 1. The van der Waals surface area contributed by atoms with Gasteiger partial charge >= 0.3 is 5.97 Å². The van der Waals surface area contributed by atoms with Crippen LogP contribution >= 0.6 is 23.1 Å². The standard InChI is InChI=1S/C12H13N3O3S2/c1-6(16)18-12(4-5-12)10-14-8-7(9(17)15(10)2)13-11(19-3)20-8/h4-5H2,1-3H3. The largest absolute Gasteiger partial charge is 0.451 e. The van der Waals surface area contributed by atoms with Crippen molar-refractivity contribution < 1.29 is 9.53 Å². The minimum atomic E-state index is -0.725. The number of thioether (sulfide) groups is 1. The highest BCUT2D eigenvalue weighted by atomic mass is 32.2. The van der Waals surface area contributed by atoms with Gasteiger partial charge in [0.15, 0.2) is 26.1 Å². The van der Waals surface area contributed by atoms with Gasteiger partial charge < -0.3 is 4.74 Å². The smallest absolute Gasteiger partial charge is 0.303 e. The summed E-state index contributed by atoms with van der Waals surface area (Å²) in [6, 6.07) is 0. The molecule has 0 amide bonds. The lowest BCUT2D eigenvalue weighted by molar-refractivity contribution is -0.149. The van der Waals surface area contributed by atoms with Crippen molar-refractivity contribution in [3.05, 3.63) is 16.2 Å². The van der Waals surface area contributed by atoms with E-state index in [1.54, 1.807) is 7.05 Å². The van der Waals surface area contributed by atoms with Gasteiger partial charge in [0.2, 0.25) is 0 Å². The Hall–Kier alpha value is -1.41. The highest BCUT2D eigenvalue weighted by Gasteiger charge is 2.51. The Morgan fingerprint density at radius 1 is 1.45 bits per heavy atom. The molecule has 1 aliphatic rings. The number of thiazole rings is 1. The third-order valence-electron chi connectivity index (χ3n) is 3.25. The lowest BCUT2D eigenvalue weighted by Gasteiger charge is -2.17. The summed E-state index contributed by atoms with van der Waals surface area (Å²) >= 11 is 2.87. The van der Waals surface area contributed by atoms with Crippen molar-refractivity contribution in [2.24, 2.45) is 7.05 Å². The fraction of sp³-hybridized carbons (Fsp3) is 0.500. The molecule has 2 heterocycles. The Bertz CT molecular complexity index is 761. The predicted octanol–water partition coefficient (Wildman–Crippen LogP) is 1.66. The number of hydrogen-bond donors (Lipinski definition) is 0. The average molecular weight is 311 g/mol. The van der Waals surface area contributed by atoms with E-state index in [0.717, 1.165) is 4.34 Å². The zero-order valence-corrected chi connectivity index (χ0v) is 12.9. The van der Waals surface area contributed by atoms with E-state index in [1.807, 2.05) is 6.26 Å². The van der Waals surface area contributed by atoms with E-state index in [9.17, 15) is 9.59 Å². The highest BCUT2D eigenvalue weighted by molar-refractivity contribution is 8.00. The number of carbonyl (C=O) groups is 1. The third kappa shape index (κ3) is 2.03. The lowest BCUT2D eigenvalue weighted by atomic mass is 10.3. The van der Waals surface area contributed by atoms with Crippen molar-refractivity contribution in [2.75, 3.05) is 6.26 Å². The number of nitrogens with zero attached hydrogens (tertiary/aromatic N) is 3. The van der Waals surface area contributed by atoms with Gasteiger partial charge in [-0.2, -0.15) is 0 Å². The number of esters is 1. The molecule has 1 aliphatic carbocycles. The number of hydrogen-bond acceptors (Lipinski definition) is 7. The third-order valence-corrected chi connectivity index (χ3v) is 5.18. The van der Waals surface area contributed by atoms with E-state index in [1.165, 1.54) is 34.6 Å². The SMILES string of the molecule is CSc1nc2c(=O)n(C)c(C3(OC(C)=O)CC3)nc2s1. The molecule has 1 saturated carbocycles. The van der Waals surface area contributed by atoms with E-state index in [0.29, 0.717) is 29.0 Å². The zero-order valence-electron chi connectivity index (χ0n) is 11.3.